The molecule has 1 aromatic heterocycles. The summed E-state index contributed by atoms with van der Waals surface area (Å²) in [5, 5.41) is 11.4. The third kappa shape index (κ3) is 4.34. The smallest absolute Gasteiger partial charge is 0.326 e. The number of amides is 1. The number of aromatic nitrogens is 1. The highest BCUT2D eigenvalue weighted by Gasteiger charge is 2.22. The average Bonchev–Trinajstić information content (AvgIpc) is 2.42. The molecule has 7 nitrogen and oxygen atoms in total. The number of carbonyl (C=O) groups excluding carboxylic acids is 2. The molecule has 0 radical (unpaired) electrons. The average molecular weight is 280 g/mol. The minimum atomic E-state index is -1.20. The Morgan fingerprint density at radius 3 is 2.70 bits per heavy atom. The first-order valence-corrected chi connectivity index (χ1v) is 5.97. The first-order chi connectivity index (χ1) is 9.45. The summed E-state index contributed by atoms with van der Waals surface area (Å²) < 4.78 is 4.43. The van der Waals surface area contributed by atoms with Crippen molar-refractivity contribution in [3.8, 4) is 0 Å². The van der Waals surface area contributed by atoms with Gasteiger partial charge in [0.05, 0.1) is 12.7 Å². The van der Waals surface area contributed by atoms with Crippen molar-refractivity contribution < 1.29 is 24.2 Å². The number of carboxylic acids is 1. The SMILES string of the molecule is COC(=O)CC[C@@H](NC(=O)c1cccnc1C)C(=O)O. The molecule has 2 N–H and O–H groups in total. The molecule has 0 fully saturated rings. The van der Waals surface area contributed by atoms with Gasteiger partial charge in [0.2, 0.25) is 0 Å². The molecule has 0 unspecified atom stereocenters. The lowest BCUT2D eigenvalue weighted by Gasteiger charge is -2.14. The Bertz CT molecular complexity index is 515. The quantitative estimate of drug-likeness (QED) is 0.736. The molecule has 1 rings (SSSR count). The van der Waals surface area contributed by atoms with Gasteiger partial charge in [-0.05, 0) is 25.5 Å². The van der Waals surface area contributed by atoms with Crippen molar-refractivity contribution in [3.05, 3.63) is 29.6 Å². The molecule has 1 heterocycles. The van der Waals surface area contributed by atoms with Gasteiger partial charge in [0.25, 0.3) is 5.91 Å². The first kappa shape index (κ1) is 15.6. The number of hydrogen-bond acceptors (Lipinski definition) is 5. The Morgan fingerprint density at radius 1 is 1.45 bits per heavy atom. The van der Waals surface area contributed by atoms with Crippen molar-refractivity contribution in [1.82, 2.24) is 10.3 Å². The summed E-state index contributed by atoms with van der Waals surface area (Å²) in [6, 6.07) is 1.99. The number of carboxylic acid groups (broad SMARTS) is 1. The zero-order valence-corrected chi connectivity index (χ0v) is 11.3. The van der Waals surface area contributed by atoms with Crippen LogP contribution in [0.3, 0.4) is 0 Å². The van der Waals surface area contributed by atoms with Gasteiger partial charge in [-0.3, -0.25) is 14.6 Å². The maximum Gasteiger partial charge on any atom is 0.326 e. The van der Waals surface area contributed by atoms with E-state index in [1.54, 1.807) is 19.1 Å². The third-order valence-electron chi connectivity index (χ3n) is 2.72. The van der Waals surface area contributed by atoms with Gasteiger partial charge >= 0.3 is 11.9 Å². The molecular weight excluding hydrogens is 264 g/mol. The summed E-state index contributed by atoms with van der Waals surface area (Å²) in [4.78, 5) is 38.0. The molecule has 0 aliphatic rings. The van der Waals surface area contributed by atoms with Gasteiger partial charge in [-0.25, -0.2) is 4.79 Å². The van der Waals surface area contributed by atoms with E-state index in [1.165, 1.54) is 13.3 Å². The summed E-state index contributed by atoms with van der Waals surface area (Å²) >= 11 is 0. The number of esters is 1. The summed E-state index contributed by atoms with van der Waals surface area (Å²) in [5.74, 6) is -2.26. The van der Waals surface area contributed by atoms with Crippen molar-refractivity contribution in [2.24, 2.45) is 0 Å². The Balaban J connectivity index is 2.71. The number of nitrogens with zero attached hydrogens (tertiary/aromatic N) is 1. The lowest BCUT2D eigenvalue weighted by atomic mass is 10.1. The lowest BCUT2D eigenvalue weighted by molar-refractivity contribution is -0.142. The van der Waals surface area contributed by atoms with Crippen molar-refractivity contribution in [3.63, 3.8) is 0 Å². The molecule has 0 spiro atoms. The Hall–Kier alpha value is -2.44. The van der Waals surface area contributed by atoms with Crippen LogP contribution < -0.4 is 5.32 Å². The fraction of sp³-hybridized carbons (Fsp3) is 0.385. The van der Waals surface area contributed by atoms with E-state index in [9.17, 15) is 14.4 Å². The van der Waals surface area contributed by atoms with Crippen molar-refractivity contribution in [1.29, 1.82) is 0 Å². The van der Waals surface area contributed by atoms with Crippen LogP contribution in [0.2, 0.25) is 0 Å². The van der Waals surface area contributed by atoms with Crippen molar-refractivity contribution in [2.45, 2.75) is 25.8 Å². The highest BCUT2D eigenvalue weighted by atomic mass is 16.5. The molecule has 0 aliphatic carbocycles. The number of aryl methyl sites for hydroxylation is 1. The van der Waals surface area contributed by atoms with E-state index in [1.807, 2.05) is 0 Å². The van der Waals surface area contributed by atoms with Gasteiger partial charge in [-0.15, -0.1) is 0 Å². The molecule has 1 aromatic rings. The maximum absolute atomic E-state index is 12.0. The normalized spacial score (nSPS) is 11.5. The molecule has 20 heavy (non-hydrogen) atoms. The van der Waals surface area contributed by atoms with E-state index < -0.39 is 23.9 Å². The van der Waals surface area contributed by atoms with Crippen LogP contribution in [0.15, 0.2) is 18.3 Å². The topological polar surface area (TPSA) is 106 Å². The number of ether oxygens (including phenoxy) is 1. The summed E-state index contributed by atoms with van der Waals surface area (Å²) in [6.07, 6.45) is 1.42. The first-order valence-electron chi connectivity index (χ1n) is 5.97. The molecule has 1 atom stereocenters. The van der Waals surface area contributed by atoms with Crippen LogP contribution in [0.1, 0.15) is 28.9 Å². The number of aliphatic carboxylic acids is 1. The predicted molar refractivity (Wildman–Crippen MR) is 69.1 cm³/mol. The zero-order chi connectivity index (χ0) is 15.1. The predicted octanol–water partition coefficient (Wildman–Crippen LogP) is 0.526. The minimum absolute atomic E-state index is 0.0347. The van der Waals surface area contributed by atoms with Crippen LogP contribution in [0.4, 0.5) is 0 Å². The Labute approximate surface area is 116 Å². The molecule has 0 saturated carbocycles. The van der Waals surface area contributed by atoms with Crippen LogP contribution >= 0.6 is 0 Å². The van der Waals surface area contributed by atoms with E-state index in [0.29, 0.717) is 11.3 Å². The van der Waals surface area contributed by atoms with Gasteiger partial charge in [0.15, 0.2) is 0 Å². The second kappa shape index (κ2) is 7.22. The van der Waals surface area contributed by atoms with Crippen molar-refractivity contribution >= 4 is 17.8 Å². The van der Waals surface area contributed by atoms with Gasteiger partial charge in [0, 0.05) is 18.3 Å². The van der Waals surface area contributed by atoms with Crippen LogP contribution in [0.5, 0.6) is 0 Å². The number of carbonyl (C=O) groups is 3. The largest absolute Gasteiger partial charge is 0.480 e. The Morgan fingerprint density at radius 2 is 2.15 bits per heavy atom. The third-order valence-corrected chi connectivity index (χ3v) is 2.72. The molecule has 0 saturated heterocycles. The fourth-order valence-corrected chi connectivity index (χ4v) is 1.58. The lowest BCUT2D eigenvalue weighted by Crippen LogP contribution is -2.41. The number of methoxy groups -OCH3 is 1. The highest BCUT2D eigenvalue weighted by Crippen LogP contribution is 2.06. The molecule has 108 valence electrons. The van der Waals surface area contributed by atoms with Crippen molar-refractivity contribution in [2.75, 3.05) is 7.11 Å². The molecule has 1 amide bonds. The Kier molecular flexibility index (Phi) is 5.64. The summed E-state index contributed by atoms with van der Waals surface area (Å²) in [5.41, 5.74) is 0.805. The van der Waals surface area contributed by atoms with E-state index in [0.717, 1.165) is 0 Å². The standard InChI is InChI=1S/C13H16N2O5/c1-8-9(4-3-7-14-8)12(17)15-10(13(18)19)5-6-11(16)20-2/h3-4,7,10H,5-6H2,1-2H3,(H,15,17)(H,18,19)/t10-/m1/s1. The number of rotatable bonds is 6. The van der Waals surface area contributed by atoms with E-state index in [-0.39, 0.29) is 12.8 Å². The minimum Gasteiger partial charge on any atom is -0.480 e. The monoisotopic (exact) mass is 280 g/mol. The van der Waals surface area contributed by atoms with Gasteiger partial charge < -0.3 is 15.2 Å². The number of nitrogens with one attached hydrogen (secondary N) is 1. The number of hydrogen-bond donors (Lipinski definition) is 2. The van der Waals surface area contributed by atoms with E-state index >= 15 is 0 Å². The zero-order valence-electron chi connectivity index (χ0n) is 11.3. The molecule has 0 bridgehead atoms. The van der Waals surface area contributed by atoms with E-state index in [2.05, 4.69) is 15.0 Å². The molecule has 0 aliphatic heterocycles. The second-order valence-electron chi connectivity index (χ2n) is 4.12. The second-order valence-corrected chi connectivity index (χ2v) is 4.12. The van der Waals surface area contributed by atoms with Gasteiger partial charge in [-0.2, -0.15) is 0 Å². The van der Waals surface area contributed by atoms with Gasteiger partial charge in [0.1, 0.15) is 6.04 Å². The maximum atomic E-state index is 12.0. The fourth-order valence-electron chi connectivity index (χ4n) is 1.58. The summed E-state index contributed by atoms with van der Waals surface area (Å²) in [7, 11) is 1.22. The van der Waals surface area contributed by atoms with Crippen LogP contribution in [-0.4, -0.2) is 41.1 Å². The summed E-state index contributed by atoms with van der Waals surface area (Å²) in [6.45, 7) is 1.65. The van der Waals surface area contributed by atoms with Gasteiger partial charge in [-0.1, -0.05) is 0 Å². The molecule has 7 heteroatoms. The highest BCUT2D eigenvalue weighted by molar-refractivity contribution is 5.97. The van der Waals surface area contributed by atoms with Crippen LogP contribution in [0, 0.1) is 6.92 Å². The van der Waals surface area contributed by atoms with Crippen LogP contribution in [-0.2, 0) is 14.3 Å². The van der Waals surface area contributed by atoms with E-state index in [4.69, 9.17) is 5.11 Å². The van der Waals surface area contributed by atoms with Crippen LogP contribution in [0.25, 0.3) is 0 Å². The molecular formula is C13H16N2O5. The molecule has 0 aromatic carbocycles. The number of pyridine rings is 1.